The molecule has 4 rings (SSSR count). The number of hydrogen-bond donors (Lipinski definition) is 0. The molecular weight excluding hydrogens is 431 g/mol. The van der Waals surface area contributed by atoms with E-state index in [4.69, 9.17) is 16.3 Å². The van der Waals surface area contributed by atoms with Crippen LogP contribution in [0.4, 0.5) is 4.39 Å². The number of ether oxygens (including phenoxy) is 1. The van der Waals surface area contributed by atoms with Gasteiger partial charge in [0.2, 0.25) is 5.91 Å². The maximum atomic E-state index is 14.3. The van der Waals surface area contributed by atoms with Crippen molar-refractivity contribution >= 4 is 27.3 Å². The van der Waals surface area contributed by atoms with Crippen molar-refractivity contribution in [1.82, 2.24) is 9.80 Å². The van der Waals surface area contributed by atoms with Gasteiger partial charge in [0.25, 0.3) is 0 Å². The molecule has 3 aliphatic rings. The zero-order valence-electron chi connectivity index (χ0n) is 16.9. The summed E-state index contributed by atoms with van der Waals surface area (Å²) >= 11 is 6.20. The molecule has 0 bridgehead atoms. The Kier molecular flexibility index (Phi) is 6.67. The Labute approximate surface area is 182 Å². The Morgan fingerprint density at radius 2 is 2.00 bits per heavy atom. The highest BCUT2D eigenvalue weighted by Gasteiger charge is 2.38. The van der Waals surface area contributed by atoms with E-state index in [1.165, 1.54) is 6.07 Å². The van der Waals surface area contributed by atoms with Crippen molar-refractivity contribution in [3.63, 3.8) is 0 Å². The summed E-state index contributed by atoms with van der Waals surface area (Å²) in [6.45, 7) is 1.48. The van der Waals surface area contributed by atoms with E-state index in [0.717, 1.165) is 25.7 Å². The van der Waals surface area contributed by atoms with Crippen LogP contribution in [-0.2, 0) is 25.9 Å². The zero-order chi connectivity index (χ0) is 21.3. The van der Waals surface area contributed by atoms with E-state index < -0.39 is 9.84 Å². The summed E-state index contributed by atoms with van der Waals surface area (Å²) < 4.78 is 44.1. The second-order valence-electron chi connectivity index (χ2n) is 8.57. The third-order valence-electron chi connectivity index (χ3n) is 6.22. The number of rotatable bonds is 8. The van der Waals surface area contributed by atoms with Gasteiger partial charge in [0, 0.05) is 42.4 Å². The molecule has 0 radical (unpaired) electrons. The standard InChI is InChI=1S/C21H28ClFN2O4S/c22-19-4-1-5-20(23)18(19)12-24(15-6-7-15)13-21(26)25(11-17-3-2-9-29-17)16-8-10-30(27,28)14-16/h1,4-5,15-17H,2-3,6-14H2. The molecule has 3 fully saturated rings. The molecule has 166 valence electrons. The van der Waals surface area contributed by atoms with E-state index in [2.05, 4.69) is 0 Å². The molecule has 6 nitrogen and oxygen atoms in total. The number of sulfone groups is 1. The first-order chi connectivity index (χ1) is 14.3. The van der Waals surface area contributed by atoms with Gasteiger partial charge in [0.1, 0.15) is 5.82 Å². The number of carbonyl (C=O) groups excluding carboxylic acids is 1. The quantitative estimate of drug-likeness (QED) is 0.599. The molecule has 1 aliphatic carbocycles. The van der Waals surface area contributed by atoms with Gasteiger partial charge < -0.3 is 9.64 Å². The summed E-state index contributed by atoms with van der Waals surface area (Å²) in [5.74, 6) is -0.372. The lowest BCUT2D eigenvalue weighted by Crippen LogP contribution is -2.49. The summed E-state index contributed by atoms with van der Waals surface area (Å²) in [5, 5.41) is 0.353. The fourth-order valence-corrected chi connectivity index (χ4v) is 6.34. The van der Waals surface area contributed by atoms with Crippen molar-refractivity contribution in [3.05, 3.63) is 34.6 Å². The molecule has 2 saturated heterocycles. The number of nitrogens with zero attached hydrogens (tertiary/aromatic N) is 2. The van der Waals surface area contributed by atoms with E-state index >= 15 is 0 Å². The van der Waals surface area contributed by atoms with Crippen LogP contribution in [0.15, 0.2) is 18.2 Å². The first-order valence-electron chi connectivity index (χ1n) is 10.6. The molecule has 2 unspecified atom stereocenters. The molecule has 0 spiro atoms. The van der Waals surface area contributed by atoms with Gasteiger partial charge in [0.15, 0.2) is 9.84 Å². The van der Waals surface area contributed by atoms with Crippen molar-refractivity contribution in [2.75, 3.05) is 31.2 Å². The Hall–Kier alpha value is -1.22. The molecular formula is C21H28ClFN2O4S. The Balaban J connectivity index is 1.49. The van der Waals surface area contributed by atoms with Crippen LogP contribution in [0.25, 0.3) is 0 Å². The van der Waals surface area contributed by atoms with Crippen LogP contribution in [0.3, 0.4) is 0 Å². The van der Waals surface area contributed by atoms with Gasteiger partial charge in [-0.1, -0.05) is 17.7 Å². The molecule has 2 aliphatic heterocycles. The minimum absolute atomic E-state index is 0.00797. The Morgan fingerprint density at radius 3 is 2.60 bits per heavy atom. The van der Waals surface area contributed by atoms with E-state index in [0.29, 0.717) is 30.2 Å². The molecule has 0 N–H and O–H groups in total. The Bertz CT molecular complexity index is 867. The predicted molar refractivity (Wildman–Crippen MR) is 113 cm³/mol. The van der Waals surface area contributed by atoms with Crippen LogP contribution in [0.5, 0.6) is 0 Å². The summed E-state index contributed by atoms with van der Waals surface area (Å²) in [4.78, 5) is 17.0. The minimum atomic E-state index is -3.12. The van der Waals surface area contributed by atoms with Gasteiger partial charge in [-0.3, -0.25) is 9.69 Å². The van der Waals surface area contributed by atoms with Gasteiger partial charge >= 0.3 is 0 Å². The van der Waals surface area contributed by atoms with Crippen LogP contribution in [-0.4, -0.2) is 73.5 Å². The Morgan fingerprint density at radius 1 is 1.20 bits per heavy atom. The van der Waals surface area contributed by atoms with E-state index in [9.17, 15) is 17.6 Å². The van der Waals surface area contributed by atoms with Crippen molar-refractivity contribution in [2.45, 2.75) is 56.8 Å². The van der Waals surface area contributed by atoms with Crippen LogP contribution < -0.4 is 0 Å². The van der Waals surface area contributed by atoms with Gasteiger partial charge in [0.05, 0.1) is 24.2 Å². The number of amides is 1. The molecule has 1 aromatic rings. The van der Waals surface area contributed by atoms with Crippen LogP contribution in [0.1, 0.15) is 37.7 Å². The summed E-state index contributed by atoms with van der Waals surface area (Å²) in [7, 11) is -3.12. The molecule has 1 aromatic carbocycles. The van der Waals surface area contributed by atoms with Crippen molar-refractivity contribution in [1.29, 1.82) is 0 Å². The normalized spacial score (nSPS) is 25.7. The van der Waals surface area contributed by atoms with Gasteiger partial charge in [-0.2, -0.15) is 0 Å². The molecule has 1 saturated carbocycles. The second kappa shape index (κ2) is 9.10. The number of hydrogen-bond acceptors (Lipinski definition) is 5. The predicted octanol–water partition coefficient (Wildman–Crippen LogP) is 2.64. The third-order valence-corrected chi connectivity index (χ3v) is 8.32. The first-order valence-corrected chi connectivity index (χ1v) is 12.8. The molecule has 2 atom stereocenters. The van der Waals surface area contributed by atoms with Gasteiger partial charge in [-0.25, -0.2) is 12.8 Å². The zero-order valence-corrected chi connectivity index (χ0v) is 18.5. The molecule has 0 aromatic heterocycles. The highest BCUT2D eigenvalue weighted by atomic mass is 35.5. The number of halogens is 2. The fourth-order valence-electron chi connectivity index (χ4n) is 4.39. The smallest absolute Gasteiger partial charge is 0.237 e. The third kappa shape index (κ3) is 5.33. The topological polar surface area (TPSA) is 66.9 Å². The average Bonchev–Trinajstić information content (AvgIpc) is 3.29. The fraction of sp³-hybridized carbons (Fsp3) is 0.667. The number of carbonyl (C=O) groups is 1. The van der Waals surface area contributed by atoms with Gasteiger partial charge in [-0.05, 0) is 44.2 Å². The molecule has 2 heterocycles. The molecule has 1 amide bonds. The van der Waals surface area contributed by atoms with Crippen LogP contribution >= 0.6 is 11.6 Å². The SMILES string of the molecule is O=C(CN(Cc1c(F)cccc1Cl)C1CC1)N(CC1CCCO1)C1CCS(=O)(=O)C1. The second-order valence-corrected chi connectivity index (χ2v) is 11.2. The van der Waals surface area contributed by atoms with Crippen molar-refractivity contribution < 1.29 is 22.3 Å². The average molecular weight is 459 g/mol. The lowest BCUT2D eigenvalue weighted by molar-refractivity contribution is -0.136. The summed E-state index contributed by atoms with van der Waals surface area (Å²) in [6, 6.07) is 4.50. The van der Waals surface area contributed by atoms with Crippen molar-refractivity contribution in [3.8, 4) is 0 Å². The highest BCUT2D eigenvalue weighted by Crippen LogP contribution is 2.31. The van der Waals surface area contributed by atoms with Gasteiger partial charge in [-0.15, -0.1) is 0 Å². The van der Waals surface area contributed by atoms with E-state index in [1.807, 2.05) is 4.90 Å². The lowest BCUT2D eigenvalue weighted by atomic mass is 10.1. The maximum Gasteiger partial charge on any atom is 0.237 e. The van der Waals surface area contributed by atoms with E-state index in [-0.39, 0.29) is 54.5 Å². The van der Waals surface area contributed by atoms with Crippen LogP contribution in [0.2, 0.25) is 5.02 Å². The van der Waals surface area contributed by atoms with E-state index in [1.54, 1.807) is 17.0 Å². The highest BCUT2D eigenvalue weighted by molar-refractivity contribution is 7.91. The summed E-state index contributed by atoms with van der Waals surface area (Å²) in [6.07, 6.45) is 4.17. The molecule has 9 heteroatoms. The first kappa shape index (κ1) is 22.0. The molecule has 30 heavy (non-hydrogen) atoms. The van der Waals surface area contributed by atoms with Crippen molar-refractivity contribution in [2.24, 2.45) is 0 Å². The monoisotopic (exact) mass is 458 g/mol. The number of benzene rings is 1. The maximum absolute atomic E-state index is 14.3. The minimum Gasteiger partial charge on any atom is -0.376 e. The lowest BCUT2D eigenvalue weighted by Gasteiger charge is -2.33. The largest absolute Gasteiger partial charge is 0.376 e. The van der Waals surface area contributed by atoms with Crippen LogP contribution in [0, 0.1) is 5.82 Å². The summed E-state index contributed by atoms with van der Waals surface area (Å²) in [5.41, 5.74) is 0.396.